The molecule has 0 saturated carbocycles. The highest BCUT2D eigenvalue weighted by Crippen LogP contribution is 2.23. The third-order valence-electron chi connectivity index (χ3n) is 2.13. The molecule has 1 atom stereocenters. The first kappa shape index (κ1) is 15.3. The molecule has 0 aliphatic rings. The van der Waals surface area contributed by atoms with Gasteiger partial charge in [-0.2, -0.15) is 0 Å². The lowest BCUT2D eigenvalue weighted by Gasteiger charge is -2.12. The Morgan fingerprint density at radius 1 is 1.47 bits per heavy atom. The van der Waals surface area contributed by atoms with E-state index in [1.165, 1.54) is 12.1 Å². The average Bonchev–Trinajstić information content (AvgIpc) is 2.33. The maximum absolute atomic E-state index is 12.0. The van der Waals surface area contributed by atoms with Crippen LogP contribution >= 0.6 is 0 Å². The lowest BCUT2D eigenvalue weighted by atomic mass is 10.2. The van der Waals surface area contributed by atoms with Gasteiger partial charge in [-0.1, -0.05) is 12.1 Å². The van der Waals surface area contributed by atoms with Crippen LogP contribution in [0.4, 0.5) is 13.2 Å². The quantitative estimate of drug-likeness (QED) is 0.733. The van der Waals surface area contributed by atoms with Crippen LogP contribution in [0.2, 0.25) is 0 Å². The fraction of sp³-hybridized carbons (Fsp3) is 0.364. The monoisotopic (exact) mass is 278 g/mol. The molecule has 1 rings (SSSR count). The molecule has 0 heterocycles. The lowest BCUT2D eigenvalue weighted by molar-refractivity contribution is -0.274. The van der Waals surface area contributed by atoms with Gasteiger partial charge in [0, 0.05) is 6.54 Å². The second kappa shape index (κ2) is 6.39. The number of hydrogen-bond donors (Lipinski definition) is 3. The molecule has 0 saturated heterocycles. The summed E-state index contributed by atoms with van der Waals surface area (Å²) in [7, 11) is 0. The van der Waals surface area contributed by atoms with Crippen LogP contribution in [-0.2, 0) is 11.3 Å². The molecule has 4 N–H and O–H groups in total. The zero-order valence-electron chi connectivity index (χ0n) is 9.78. The molecule has 1 amide bonds. The van der Waals surface area contributed by atoms with Crippen molar-refractivity contribution in [3.05, 3.63) is 29.8 Å². The molecular weight excluding hydrogens is 265 g/mol. The summed E-state index contributed by atoms with van der Waals surface area (Å²) in [4.78, 5) is 11.3. The Bertz CT molecular complexity index is 437. The molecule has 0 aliphatic carbocycles. The van der Waals surface area contributed by atoms with E-state index in [4.69, 9.17) is 10.8 Å². The molecule has 0 spiro atoms. The van der Waals surface area contributed by atoms with Crippen molar-refractivity contribution in [2.24, 2.45) is 5.73 Å². The van der Waals surface area contributed by atoms with Gasteiger partial charge in [0.05, 0.1) is 6.61 Å². The highest BCUT2D eigenvalue weighted by Gasteiger charge is 2.31. The fourth-order valence-corrected chi connectivity index (χ4v) is 1.26. The summed E-state index contributed by atoms with van der Waals surface area (Å²) in [6, 6.07) is 4.13. The predicted octanol–water partition coefficient (Wildman–Crippen LogP) is 0.521. The molecule has 19 heavy (non-hydrogen) atoms. The van der Waals surface area contributed by atoms with Crippen molar-refractivity contribution in [1.82, 2.24) is 5.32 Å². The van der Waals surface area contributed by atoms with Crippen molar-refractivity contribution in [3.8, 4) is 5.75 Å². The van der Waals surface area contributed by atoms with E-state index in [2.05, 4.69) is 10.1 Å². The zero-order valence-corrected chi connectivity index (χ0v) is 9.78. The number of carbonyl (C=O) groups is 1. The average molecular weight is 278 g/mol. The van der Waals surface area contributed by atoms with E-state index in [1.54, 1.807) is 0 Å². The van der Waals surface area contributed by atoms with Crippen LogP contribution in [0, 0.1) is 0 Å². The van der Waals surface area contributed by atoms with Gasteiger partial charge in [-0.15, -0.1) is 13.2 Å². The van der Waals surface area contributed by atoms with E-state index in [9.17, 15) is 18.0 Å². The van der Waals surface area contributed by atoms with Gasteiger partial charge in [-0.3, -0.25) is 4.79 Å². The van der Waals surface area contributed by atoms with E-state index < -0.39 is 24.9 Å². The Balaban J connectivity index is 2.60. The molecule has 1 aromatic rings. The number of halogens is 3. The summed E-state index contributed by atoms with van der Waals surface area (Å²) in [5, 5.41) is 11.0. The Kier molecular flexibility index (Phi) is 5.13. The molecule has 0 unspecified atom stereocenters. The first-order valence-electron chi connectivity index (χ1n) is 5.30. The van der Waals surface area contributed by atoms with Gasteiger partial charge in [0.1, 0.15) is 11.8 Å². The number of carbonyl (C=O) groups excluding carboxylic acids is 1. The first-order chi connectivity index (χ1) is 8.81. The maximum Gasteiger partial charge on any atom is 0.573 e. The molecule has 0 radical (unpaired) electrons. The number of amides is 1. The number of benzene rings is 1. The number of hydrogen-bond acceptors (Lipinski definition) is 4. The van der Waals surface area contributed by atoms with Crippen molar-refractivity contribution in [2.45, 2.75) is 18.9 Å². The van der Waals surface area contributed by atoms with Crippen LogP contribution in [0.15, 0.2) is 24.3 Å². The van der Waals surface area contributed by atoms with Gasteiger partial charge < -0.3 is 20.9 Å². The summed E-state index contributed by atoms with van der Waals surface area (Å²) in [5.74, 6) is -0.963. The van der Waals surface area contributed by atoms with Gasteiger partial charge in [0.15, 0.2) is 0 Å². The summed E-state index contributed by atoms with van der Waals surface area (Å²) >= 11 is 0. The van der Waals surface area contributed by atoms with Gasteiger partial charge in [0.25, 0.3) is 0 Å². The topological polar surface area (TPSA) is 84.6 Å². The minimum atomic E-state index is -4.76. The minimum absolute atomic E-state index is 0.0123. The van der Waals surface area contributed by atoms with Gasteiger partial charge in [-0.05, 0) is 17.7 Å². The summed E-state index contributed by atoms with van der Waals surface area (Å²) in [6.07, 6.45) is -4.76. The Hall–Kier alpha value is -1.80. The second-order valence-corrected chi connectivity index (χ2v) is 3.70. The highest BCUT2D eigenvalue weighted by molar-refractivity contribution is 5.81. The SMILES string of the molecule is N[C@H](CO)C(=O)NCc1cccc(OC(F)(F)F)c1. The highest BCUT2D eigenvalue weighted by atomic mass is 19.4. The number of nitrogens with one attached hydrogen (secondary N) is 1. The lowest BCUT2D eigenvalue weighted by Crippen LogP contribution is -2.42. The second-order valence-electron chi connectivity index (χ2n) is 3.70. The largest absolute Gasteiger partial charge is 0.573 e. The van der Waals surface area contributed by atoms with E-state index in [0.29, 0.717) is 5.56 Å². The first-order valence-corrected chi connectivity index (χ1v) is 5.30. The summed E-state index contributed by atoms with van der Waals surface area (Å²) in [6.45, 7) is -0.523. The van der Waals surface area contributed by atoms with Crippen LogP contribution < -0.4 is 15.8 Å². The Labute approximate surface area is 107 Å². The van der Waals surface area contributed by atoms with Crippen LogP contribution in [0.5, 0.6) is 5.75 Å². The summed E-state index contributed by atoms with van der Waals surface area (Å²) in [5.41, 5.74) is 5.68. The van der Waals surface area contributed by atoms with E-state index in [0.717, 1.165) is 12.1 Å². The van der Waals surface area contributed by atoms with E-state index in [-0.39, 0.29) is 12.3 Å². The third kappa shape index (κ3) is 5.58. The molecule has 8 heteroatoms. The number of aliphatic hydroxyl groups excluding tert-OH is 1. The van der Waals surface area contributed by atoms with Crippen LogP contribution in [0.3, 0.4) is 0 Å². The van der Waals surface area contributed by atoms with Crippen molar-refractivity contribution >= 4 is 5.91 Å². The van der Waals surface area contributed by atoms with Gasteiger partial charge in [-0.25, -0.2) is 0 Å². The number of rotatable bonds is 5. The van der Waals surface area contributed by atoms with Crippen molar-refractivity contribution in [1.29, 1.82) is 0 Å². The van der Waals surface area contributed by atoms with Crippen molar-refractivity contribution in [3.63, 3.8) is 0 Å². The van der Waals surface area contributed by atoms with Crippen LogP contribution in [-0.4, -0.2) is 30.0 Å². The van der Waals surface area contributed by atoms with E-state index >= 15 is 0 Å². The molecule has 0 aliphatic heterocycles. The third-order valence-corrected chi connectivity index (χ3v) is 2.13. The molecule has 0 fully saturated rings. The minimum Gasteiger partial charge on any atom is -0.406 e. The molecule has 0 aromatic heterocycles. The van der Waals surface area contributed by atoms with Crippen LogP contribution in [0.25, 0.3) is 0 Å². The van der Waals surface area contributed by atoms with Crippen molar-refractivity contribution < 1.29 is 27.8 Å². The zero-order chi connectivity index (χ0) is 14.5. The molecule has 5 nitrogen and oxygen atoms in total. The van der Waals surface area contributed by atoms with E-state index in [1.807, 2.05) is 0 Å². The Morgan fingerprint density at radius 2 is 2.16 bits per heavy atom. The standard InChI is InChI=1S/C11H13F3N2O3/c12-11(13,14)19-8-3-1-2-7(4-8)5-16-10(18)9(15)6-17/h1-4,9,17H,5-6,15H2,(H,16,18)/t9-/m1/s1. The fourth-order valence-electron chi connectivity index (χ4n) is 1.26. The van der Waals surface area contributed by atoms with Gasteiger partial charge >= 0.3 is 6.36 Å². The number of ether oxygens (including phenoxy) is 1. The van der Waals surface area contributed by atoms with Crippen LogP contribution in [0.1, 0.15) is 5.56 Å². The normalized spacial score (nSPS) is 12.9. The van der Waals surface area contributed by atoms with Gasteiger partial charge in [0.2, 0.25) is 5.91 Å². The molecular formula is C11H13F3N2O3. The molecule has 1 aromatic carbocycles. The predicted molar refractivity (Wildman–Crippen MR) is 60.0 cm³/mol. The number of aliphatic hydroxyl groups is 1. The number of alkyl halides is 3. The smallest absolute Gasteiger partial charge is 0.406 e. The Morgan fingerprint density at radius 3 is 2.74 bits per heavy atom. The summed E-state index contributed by atoms with van der Waals surface area (Å²) < 4.78 is 39.7. The van der Waals surface area contributed by atoms with Crippen molar-refractivity contribution in [2.75, 3.05) is 6.61 Å². The molecule has 0 bridgehead atoms. The molecule has 106 valence electrons. The maximum atomic E-state index is 12.0. The number of nitrogens with two attached hydrogens (primary N) is 1.